The normalized spacial score (nSPS) is 13.1. The third-order valence-corrected chi connectivity index (χ3v) is 3.73. The molecule has 0 aromatic heterocycles. The fraction of sp³-hybridized carbons (Fsp3) is 1.00. The highest BCUT2D eigenvalue weighted by Gasteiger charge is 2.26. The van der Waals surface area contributed by atoms with Crippen LogP contribution in [0.15, 0.2) is 0 Å². The molecule has 0 aliphatic carbocycles. The number of rotatable bonds is 9. The maximum atomic E-state index is 9.43. The molecule has 16 heavy (non-hydrogen) atoms. The maximum Gasteiger partial charge on any atom is 0.0499 e. The molecule has 0 radical (unpaired) electrons. The quantitative estimate of drug-likeness (QED) is 0.567. The molecule has 0 rings (SSSR count). The van der Waals surface area contributed by atoms with Gasteiger partial charge in [-0.1, -0.05) is 27.7 Å². The van der Waals surface area contributed by atoms with E-state index < -0.39 is 0 Å². The molecule has 3 N–H and O–H groups in total. The molecule has 0 aliphatic heterocycles. The van der Waals surface area contributed by atoms with E-state index in [1.807, 2.05) is 0 Å². The van der Waals surface area contributed by atoms with Gasteiger partial charge >= 0.3 is 0 Å². The summed E-state index contributed by atoms with van der Waals surface area (Å²) in [5, 5.41) is 21.8. The van der Waals surface area contributed by atoms with Crippen LogP contribution in [-0.2, 0) is 0 Å². The zero-order valence-corrected chi connectivity index (χ0v) is 11.3. The van der Waals surface area contributed by atoms with Crippen molar-refractivity contribution >= 4 is 0 Å². The van der Waals surface area contributed by atoms with E-state index in [1.165, 1.54) is 0 Å². The second-order valence-electron chi connectivity index (χ2n) is 5.61. The summed E-state index contributed by atoms with van der Waals surface area (Å²) in [6.45, 7) is 10.8. The summed E-state index contributed by atoms with van der Waals surface area (Å²) in [6.07, 6.45) is 2.80. The maximum absolute atomic E-state index is 9.43. The van der Waals surface area contributed by atoms with E-state index in [0.717, 1.165) is 32.4 Å². The van der Waals surface area contributed by atoms with Crippen molar-refractivity contribution in [1.29, 1.82) is 0 Å². The topological polar surface area (TPSA) is 52.5 Å². The first-order valence-corrected chi connectivity index (χ1v) is 6.38. The second-order valence-corrected chi connectivity index (χ2v) is 5.61. The van der Waals surface area contributed by atoms with Gasteiger partial charge < -0.3 is 15.5 Å². The minimum absolute atomic E-state index is 0.0231. The Morgan fingerprint density at radius 2 is 1.56 bits per heavy atom. The zero-order valence-electron chi connectivity index (χ0n) is 11.3. The van der Waals surface area contributed by atoms with E-state index in [4.69, 9.17) is 5.11 Å². The number of aliphatic hydroxyl groups is 2. The van der Waals surface area contributed by atoms with Gasteiger partial charge in [0.05, 0.1) is 0 Å². The van der Waals surface area contributed by atoms with Gasteiger partial charge in [0.25, 0.3) is 0 Å². The van der Waals surface area contributed by atoms with Crippen LogP contribution < -0.4 is 5.32 Å². The molecule has 0 atom stereocenters. The van der Waals surface area contributed by atoms with Crippen LogP contribution in [0.5, 0.6) is 0 Å². The predicted octanol–water partition coefficient (Wildman–Crippen LogP) is 1.78. The first kappa shape index (κ1) is 15.9. The molecule has 0 spiro atoms. The third kappa shape index (κ3) is 5.28. The first-order chi connectivity index (χ1) is 7.45. The van der Waals surface area contributed by atoms with Crippen molar-refractivity contribution < 1.29 is 10.2 Å². The predicted molar refractivity (Wildman–Crippen MR) is 68.5 cm³/mol. The molecule has 0 fully saturated rings. The minimum Gasteiger partial charge on any atom is -0.396 e. The van der Waals surface area contributed by atoms with Crippen LogP contribution in [0.2, 0.25) is 0 Å². The van der Waals surface area contributed by atoms with E-state index >= 15 is 0 Å². The van der Waals surface area contributed by atoms with Crippen molar-refractivity contribution in [1.82, 2.24) is 5.32 Å². The van der Waals surface area contributed by atoms with Crippen molar-refractivity contribution in [3.8, 4) is 0 Å². The van der Waals surface area contributed by atoms with Crippen LogP contribution in [0.25, 0.3) is 0 Å². The SMILES string of the molecule is CCC(CC)(CO)CNCC(C)(C)CCO. The monoisotopic (exact) mass is 231 g/mol. The summed E-state index contributed by atoms with van der Waals surface area (Å²) < 4.78 is 0. The molecule has 0 saturated heterocycles. The van der Waals surface area contributed by atoms with Crippen molar-refractivity contribution in [2.45, 2.75) is 47.0 Å². The lowest BCUT2D eigenvalue weighted by Crippen LogP contribution is -2.40. The number of aliphatic hydroxyl groups excluding tert-OH is 2. The van der Waals surface area contributed by atoms with Gasteiger partial charge in [-0.25, -0.2) is 0 Å². The molecular formula is C13H29NO2. The molecule has 3 nitrogen and oxygen atoms in total. The fourth-order valence-electron chi connectivity index (χ4n) is 1.84. The molecular weight excluding hydrogens is 202 g/mol. The van der Waals surface area contributed by atoms with E-state index in [0.29, 0.717) is 0 Å². The van der Waals surface area contributed by atoms with Crippen molar-refractivity contribution in [2.75, 3.05) is 26.3 Å². The van der Waals surface area contributed by atoms with E-state index in [2.05, 4.69) is 33.0 Å². The largest absolute Gasteiger partial charge is 0.396 e. The highest BCUT2D eigenvalue weighted by Crippen LogP contribution is 2.25. The Kier molecular flexibility index (Phi) is 7.20. The molecule has 0 aliphatic rings. The van der Waals surface area contributed by atoms with Gasteiger partial charge in [0, 0.05) is 31.7 Å². The van der Waals surface area contributed by atoms with E-state index in [-0.39, 0.29) is 24.0 Å². The zero-order chi connectivity index (χ0) is 12.7. The van der Waals surface area contributed by atoms with Crippen LogP contribution >= 0.6 is 0 Å². The highest BCUT2D eigenvalue weighted by atomic mass is 16.3. The lowest BCUT2D eigenvalue weighted by atomic mass is 9.82. The van der Waals surface area contributed by atoms with Crippen molar-refractivity contribution in [2.24, 2.45) is 10.8 Å². The summed E-state index contributed by atoms with van der Waals surface area (Å²) >= 11 is 0. The summed E-state index contributed by atoms with van der Waals surface area (Å²) in [4.78, 5) is 0. The van der Waals surface area contributed by atoms with Crippen LogP contribution in [0.1, 0.15) is 47.0 Å². The van der Waals surface area contributed by atoms with Gasteiger partial charge in [0.2, 0.25) is 0 Å². The van der Waals surface area contributed by atoms with Crippen LogP contribution in [0.3, 0.4) is 0 Å². The number of hydrogen-bond acceptors (Lipinski definition) is 3. The number of nitrogens with one attached hydrogen (secondary N) is 1. The molecule has 0 unspecified atom stereocenters. The first-order valence-electron chi connectivity index (χ1n) is 6.38. The van der Waals surface area contributed by atoms with Gasteiger partial charge in [-0.2, -0.15) is 0 Å². The highest BCUT2D eigenvalue weighted by molar-refractivity contribution is 4.80. The van der Waals surface area contributed by atoms with E-state index in [9.17, 15) is 5.11 Å². The van der Waals surface area contributed by atoms with Crippen LogP contribution in [0.4, 0.5) is 0 Å². The average molecular weight is 231 g/mol. The molecule has 0 saturated carbocycles. The van der Waals surface area contributed by atoms with Gasteiger partial charge in [0.15, 0.2) is 0 Å². The Morgan fingerprint density at radius 3 is 1.94 bits per heavy atom. The van der Waals surface area contributed by atoms with Crippen molar-refractivity contribution in [3.05, 3.63) is 0 Å². The Morgan fingerprint density at radius 1 is 1.00 bits per heavy atom. The fourth-order valence-corrected chi connectivity index (χ4v) is 1.84. The Hall–Kier alpha value is -0.120. The lowest BCUT2D eigenvalue weighted by Gasteiger charge is -2.32. The summed E-state index contributed by atoms with van der Waals surface area (Å²) in [7, 11) is 0. The Bertz CT molecular complexity index is 169. The average Bonchev–Trinajstić information content (AvgIpc) is 2.25. The molecule has 0 amide bonds. The van der Waals surface area contributed by atoms with Gasteiger partial charge in [-0.05, 0) is 24.7 Å². The minimum atomic E-state index is 0.0231. The standard InChI is InChI=1S/C13H29NO2/c1-5-13(6-2,11-16)10-14-9-12(3,4)7-8-15/h14-16H,5-11H2,1-4H3. The summed E-state index contributed by atoms with van der Waals surface area (Å²) in [6, 6.07) is 0. The van der Waals surface area contributed by atoms with Gasteiger partial charge in [0.1, 0.15) is 0 Å². The lowest BCUT2D eigenvalue weighted by molar-refractivity contribution is 0.107. The summed E-state index contributed by atoms with van der Waals surface area (Å²) in [5.41, 5.74) is 0.146. The molecule has 0 bridgehead atoms. The second kappa shape index (κ2) is 7.25. The molecule has 0 aromatic rings. The molecule has 98 valence electrons. The smallest absolute Gasteiger partial charge is 0.0499 e. The van der Waals surface area contributed by atoms with Crippen LogP contribution in [-0.4, -0.2) is 36.5 Å². The molecule has 0 aromatic carbocycles. The Labute approximate surface area is 100 Å². The molecule has 3 heteroatoms. The van der Waals surface area contributed by atoms with E-state index in [1.54, 1.807) is 0 Å². The van der Waals surface area contributed by atoms with Gasteiger partial charge in [-0.3, -0.25) is 0 Å². The van der Waals surface area contributed by atoms with Crippen LogP contribution in [0, 0.1) is 10.8 Å². The van der Waals surface area contributed by atoms with Crippen molar-refractivity contribution in [3.63, 3.8) is 0 Å². The summed E-state index contributed by atoms with van der Waals surface area (Å²) in [5.74, 6) is 0. The van der Waals surface area contributed by atoms with Gasteiger partial charge in [-0.15, -0.1) is 0 Å². The molecule has 0 heterocycles. The Balaban J connectivity index is 4.04. The number of hydrogen-bond donors (Lipinski definition) is 3. The third-order valence-electron chi connectivity index (χ3n) is 3.73.